The van der Waals surface area contributed by atoms with Crippen molar-refractivity contribution in [2.24, 2.45) is 0 Å². The van der Waals surface area contributed by atoms with E-state index in [2.05, 4.69) is 0 Å². The molecule has 0 aliphatic carbocycles. The molecule has 1 fully saturated rings. The fraction of sp³-hybridized carbons (Fsp3) is 0.500. The highest BCUT2D eigenvalue weighted by atomic mass is 16.5. The van der Waals surface area contributed by atoms with E-state index in [1.807, 2.05) is 36.9 Å². The van der Waals surface area contributed by atoms with Crippen LogP contribution in [-0.2, 0) is 4.74 Å². The highest BCUT2D eigenvalue weighted by Gasteiger charge is 2.24. The van der Waals surface area contributed by atoms with Crippen molar-refractivity contribution < 1.29 is 14.3 Å². The number of ether oxygens (including phenoxy) is 2. The fourth-order valence-electron chi connectivity index (χ4n) is 2.16. The van der Waals surface area contributed by atoms with E-state index in [1.54, 1.807) is 7.11 Å². The van der Waals surface area contributed by atoms with Gasteiger partial charge in [-0.25, -0.2) is 0 Å². The molecule has 1 aliphatic heterocycles. The molecule has 4 heteroatoms. The minimum Gasteiger partial charge on any atom is -0.496 e. The van der Waals surface area contributed by atoms with Crippen LogP contribution in [0.4, 0.5) is 0 Å². The molecule has 1 heterocycles. The van der Waals surface area contributed by atoms with E-state index in [-0.39, 0.29) is 12.0 Å². The van der Waals surface area contributed by atoms with E-state index in [4.69, 9.17) is 9.47 Å². The first kappa shape index (κ1) is 12.9. The number of carbonyl (C=O) groups is 1. The molecular formula is C14H19NO3. The number of hydrogen-bond donors (Lipinski definition) is 0. The van der Waals surface area contributed by atoms with Gasteiger partial charge in [0.25, 0.3) is 5.91 Å². The maximum atomic E-state index is 12.5. The molecule has 0 radical (unpaired) electrons. The number of rotatable bonds is 2. The molecule has 0 saturated carbocycles. The van der Waals surface area contributed by atoms with Gasteiger partial charge in [-0.3, -0.25) is 4.79 Å². The molecule has 1 atom stereocenters. The van der Waals surface area contributed by atoms with Crippen LogP contribution in [0.5, 0.6) is 5.75 Å². The van der Waals surface area contributed by atoms with Crippen LogP contribution in [0.3, 0.4) is 0 Å². The molecule has 18 heavy (non-hydrogen) atoms. The van der Waals surface area contributed by atoms with Gasteiger partial charge in [0, 0.05) is 13.1 Å². The standard InChI is InChI=1S/C14H19NO3/c1-10-4-5-13(17-3)12(8-10)14(16)15-6-7-18-11(2)9-15/h4-5,8,11H,6-7,9H2,1-3H3/t11-/m1/s1. The molecule has 1 aliphatic rings. The number of methoxy groups -OCH3 is 1. The zero-order valence-corrected chi connectivity index (χ0v) is 11.1. The van der Waals surface area contributed by atoms with Crippen LogP contribution >= 0.6 is 0 Å². The second-order valence-electron chi connectivity index (χ2n) is 4.64. The molecule has 4 nitrogen and oxygen atoms in total. The first-order valence-corrected chi connectivity index (χ1v) is 6.17. The Kier molecular flexibility index (Phi) is 3.87. The molecule has 0 unspecified atom stereocenters. The Balaban J connectivity index is 2.24. The van der Waals surface area contributed by atoms with Crippen molar-refractivity contribution in [1.82, 2.24) is 4.90 Å². The summed E-state index contributed by atoms with van der Waals surface area (Å²) in [5, 5.41) is 0. The van der Waals surface area contributed by atoms with Crippen LogP contribution in [-0.4, -0.2) is 43.7 Å². The summed E-state index contributed by atoms with van der Waals surface area (Å²) >= 11 is 0. The van der Waals surface area contributed by atoms with Gasteiger partial charge in [0.2, 0.25) is 0 Å². The summed E-state index contributed by atoms with van der Waals surface area (Å²) in [6.07, 6.45) is 0.0958. The van der Waals surface area contributed by atoms with Gasteiger partial charge in [0.05, 0.1) is 25.4 Å². The number of morpholine rings is 1. The zero-order chi connectivity index (χ0) is 13.1. The van der Waals surface area contributed by atoms with E-state index in [9.17, 15) is 4.79 Å². The SMILES string of the molecule is COc1ccc(C)cc1C(=O)N1CCO[C@H](C)C1. The Labute approximate surface area is 107 Å². The van der Waals surface area contributed by atoms with Crippen molar-refractivity contribution in [2.75, 3.05) is 26.8 Å². The monoisotopic (exact) mass is 249 g/mol. The Bertz CT molecular complexity index is 445. The van der Waals surface area contributed by atoms with Gasteiger partial charge in [-0.15, -0.1) is 0 Å². The number of nitrogens with zero attached hydrogens (tertiary/aromatic N) is 1. The van der Waals surface area contributed by atoms with Gasteiger partial charge in [0.1, 0.15) is 5.75 Å². The van der Waals surface area contributed by atoms with Gasteiger partial charge >= 0.3 is 0 Å². The van der Waals surface area contributed by atoms with Crippen molar-refractivity contribution in [3.05, 3.63) is 29.3 Å². The second-order valence-corrected chi connectivity index (χ2v) is 4.64. The van der Waals surface area contributed by atoms with Crippen LogP contribution < -0.4 is 4.74 Å². The number of carbonyl (C=O) groups excluding carboxylic acids is 1. The maximum absolute atomic E-state index is 12.5. The van der Waals surface area contributed by atoms with Gasteiger partial charge in [-0.05, 0) is 26.0 Å². The Morgan fingerprint density at radius 2 is 2.28 bits per heavy atom. The zero-order valence-electron chi connectivity index (χ0n) is 11.1. The van der Waals surface area contributed by atoms with Crippen LogP contribution in [0.25, 0.3) is 0 Å². The van der Waals surface area contributed by atoms with E-state index in [1.165, 1.54) is 0 Å². The summed E-state index contributed by atoms with van der Waals surface area (Å²) in [4.78, 5) is 14.3. The lowest BCUT2D eigenvalue weighted by Crippen LogP contribution is -2.44. The summed E-state index contributed by atoms with van der Waals surface area (Å²) in [5.74, 6) is 0.649. The Morgan fingerprint density at radius 1 is 1.50 bits per heavy atom. The molecule has 0 bridgehead atoms. The smallest absolute Gasteiger partial charge is 0.257 e. The first-order chi connectivity index (χ1) is 8.61. The third-order valence-electron chi connectivity index (χ3n) is 3.11. The molecule has 0 spiro atoms. The molecule has 2 rings (SSSR count). The van der Waals surface area contributed by atoms with Crippen molar-refractivity contribution in [1.29, 1.82) is 0 Å². The van der Waals surface area contributed by atoms with Crippen molar-refractivity contribution in [3.63, 3.8) is 0 Å². The molecule has 1 aromatic carbocycles. The first-order valence-electron chi connectivity index (χ1n) is 6.17. The van der Waals surface area contributed by atoms with Crippen molar-refractivity contribution >= 4 is 5.91 Å². The second kappa shape index (κ2) is 5.40. The summed E-state index contributed by atoms with van der Waals surface area (Å²) in [5.41, 5.74) is 1.69. The topological polar surface area (TPSA) is 38.8 Å². The van der Waals surface area contributed by atoms with Gasteiger partial charge in [-0.2, -0.15) is 0 Å². The summed E-state index contributed by atoms with van der Waals surface area (Å²) in [6.45, 7) is 5.82. The molecule has 1 saturated heterocycles. The van der Waals surface area contributed by atoms with Gasteiger partial charge in [0.15, 0.2) is 0 Å². The molecule has 98 valence electrons. The third kappa shape index (κ3) is 2.64. The van der Waals surface area contributed by atoms with E-state index < -0.39 is 0 Å². The summed E-state index contributed by atoms with van der Waals surface area (Å²) in [7, 11) is 1.59. The van der Waals surface area contributed by atoms with E-state index >= 15 is 0 Å². The average Bonchev–Trinajstić information content (AvgIpc) is 2.38. The number of amides is 1. The lowest BCUT2D eigenvalue weighted by atomic mass is 10.1. The lowest BCUT2D eigenvalue weighted by Gasteiger charge is -2.31. The summed E-state index contributed by atoms with van der Waals surface area (Å²) in [6, 6.07) is 5.66. The van der Waals surface area contributed by atoms with Crippen molar-refractivity contribution in [2.45, 2.75) is 20.0 Å². The van der Waals surface area contributed by atoms with Gasteiger partial charge in [-0.1, -0.05) is 11.6 Å². The average molecular weight is 249 g/mol. The van der Waals surface area contributed by atoms with Crippen LogP contribution in [0, 0.1) is 6.92 Å². The number of hydrogen-bond acceptors (Lipinski definition) is 3. The quantitative estimate of drug-likeness (QED) is 0.803. The Hall–Kier alpha value is -1.55. The van der Waals surface area contributed by atoms with Crippen LogP contribution in [0.2, 0.25) is 0 Å². The minimum absolute atomic E-state index is 0.0192. The summed E-state index contributed by atoms with van der Waals surface area (Å²) < 4.78 is 10.7. The lowest BCUT2D eigenvalue weighted by molar-refractivity contribution is -0.0125. The predicted octanol–water partition coefficient (Wildman–Crippen LogP) is 1.86. The molecule has 1 amide bonds. The molecule has 1 aromatic rings. The largest absolute Gasteiger partial charge is 0.496 e. The highest BCUT2D eigenvalue weighted by Crippen LogP contribution is 2.22. The molecular weight excluding hydrogens is 230 g/mol. The maximum Gasteiger partial charge on any atom is 0.257 e. The van der Waals surface area contributed by atoms with E-state index in [0.717, 1.165) is 5.56 Å². The highest BCUT2D eigenvalue weighted by molar-refractivity contribution is 5.97. The Morgan fingerprint density at radius 3 is 2.94 bits per heavy atom. The van der Waals surface area contributed by atoms with Crippen LogP contribution in [0.1, 0.15) is 22.8 Å². The van der Waals surface area contributed by atoms with Crippen molar-refractivity contribution in [3.8, 4) is 5.75 Å². The molecule has 0 N–H and O–H groups in total. The van der Waals surface area contributed by atoms with E-state index in [0.29, 0.717) is 31.0 Å². The number of aryl methyl sites for hydroxylation is 1. The fourth-order valence-corrected chi connectivity index (χ4v) is 2.16. The normalized spacial score (nSPS) is 19.7. The molecule has 0 aromatic heterocycles. The van der Waals surface area contributed by atoms with Crippen LogP contribution in [0.15, 0.2) is 18.2 Å². The number of benzene rings is 1. The minimum atomic E-state index is 0.0192. The third-order valence-corrected chi connectivity index (χ3v) is 3.11. The van der Waals surface area contributed by atoms with Gasteiger partial charge < -0.3 is 14.4 Å². The predicted molar refractivity (Wildman–Crippen MR) is 69.0 cm³/mol.